The molecule has 0 aliphatic rings. The van der Waals surface area contributed by atoms with E-state index in [-0.39, 0.29) is 0 Å². The Bertz CT molecular complexity index is 83.2. The van der Waals surface area contributed by atoms with E-state index in [0.29, 0.717) is 0 Å². The highest BCUT2D eigenvalue weighted by molar-refractivity contribution is 4.69. The number of nitrogens with zero attached hydrogens (tertiary/aromatic N) is 3. The van der Waals surface area contributed by atoms with Crippen LogP contribution in [0, 0.1) is 7.18 Å². The normalized spacial score (nSPS) is 6.75. The average Bonchev–Trinajstić information content (AvgIpc) is 1.96. The van der Waals surface area contributed by atoms with Crippen LogP contribution in [0.3, 0.4) is 0 Å². The van der Waals surface area contributed by atoms with Gasteiger partial charge in [0.15, 0.2) is 0 Å². The summed E-state index contributed by atoms with van der Waals surface area (Å²) in [5.74, 6) is 0. The summed E-state index contributed by atoms with van der Waals surface area (Å²) in [5.41, 5.74) is 0. The van der Waals surface area contributed by atoms with Gasteiger partial charge in [-0.05, 0) is 11.3 Å². The number of rotatable bonds is 0. The van der Waals surface area contributed by atoms with Crippen molar-refractivity contribution < 1.29 is 4.39 Å². The number of hydrogen-bond acceptors (Lipinski definition) is 3. The fourth-order valence-corrected chi connectivity index (χ4v) is 0.205. The zero-order chi connectivity index (χ0) is 6.24. The molecular formula is C4H3FN3. The number of halogens is 1. The van der Waals surface area contributed by atoms with E-state index in [1.54, 1.807) is 18.5 Å². The van der Waals surface area contributed by atoms with Crippen LogP contribution in [-0.2, 0) is 0 Å². The molecule has 1 aromatic rings. The van der Waals surface area contributed by atoms with Crippen LogP contribution in [0.2, 0.25) is 0 Å². The molecule has 0 unspecified atom stereocenters. The molecule has 0 fully saturated rings. The minimum Gasteiger partial charge on any atom is -0.232 e. The largest absolute Gasteiger partial charge is 0.232 e. The molecule has 3 radical (unpaired) electrons. The van der Waals surface area contributed by atoms with E-state index in [4.69, 9.17) is 4.39 Å². The van der Waals surface area contributed by atoms with Gasteiger partial charge in [-0.1, -0.05) is 0 Å². The van der Waals surface area contributed by atoms with Crippen molar-refractivity contribution in [2.24, 2.45) is 0 Å². The van der Waals surface area contributed by atoms with Gasteiger partial charge < -0.3 is 0 Å². The first-order valence-electron chi connectivity index (χ1n) is 1.77. The first-order valence-corrected chi connectivity index (χ1v) is 1.77. The third-order valence-corrected chi connectivity index (χ3v) is 0.409. The van der Waals surface area contributed by atoms with E-state index in [1.165, 1.54) is 0 Å². The van der Waals surface area contributed by atoms with Crippen molar-refractivity contribution in [1.29, 1.82) is 0 Å². The van der Waals surface area contributed by atoms with Gasteiger partial charge in [0, 0.05) is 0 Å². The van der Waals surface area contributed by atoms with Crippen LogP contribution in [0.4, 0.5) is 4.39 Å². The Labute approximate surface area is 46.6 Å². The van der Waals surface area contributed by atoms with Gasteiger partial charge in [-0.25, -0.2) is 4.39 Å². The summed E-state index contributed by atoms with van der Waals surface area (Å²) in [4.78, 5) is 0. The molecule has 4 heteroatoms. The van der Waals surface area contributed by atoms with Crippen LogP contribution in [0.15, 0.2) is 18.5 Å². The molecule has 0 bridgehead atoms. The molecule has 41 valence electrons. The molecule has 0 amide bonds. The maximum Gasteiger partial charge on any atom is 0.232 e. The maximum absolute atomic E-state index is 8.75. The van der Waals surface area contributed by atoms with Crippen molar-refractivity contribution in [3.8, 4) is 0 Å². The smallest absolute Gasteiger partial charge is 0.232 e. The minimum atomic E-state index is 1.58. The predicted molar refractivity (Wildman–Crippen MR) is 24.2 cm³/mol. The fourth-order valence-electron chi connectivity index (χ4n) is 0.205. The lowest BCUT2D eigenvalue weighted by Gasteiger charge is -1.68. The quantitative estimate of drug-likeness (QED) is 0.486. The third kappa shape index (κ3) is 3.14. The van der Waals surface area contributed by atoms with Crippen LogP contribution < -0.4 is 0 Å². The molecule has 0 aliphatic carbocycles. The molecule has 0 saturated heterocycles. The highest BCUT2D eigenvalue weighted by Gasteiger charge is 1.60. The lowest BCUT2D eigenvalue weighted by atomic mass is 10.7. The summed E-state index contributed by atoms with van der Waals surface area (Å²) in [5, 5.41) is 10.1. The second-order valence-electron chi connectivity index (χ2n) is 0.811. The van der Waals surface area contributed by atoms with Gasteiger partial charge in [0.1, 0.15) is 0 Å². The first-order chi connectivity index (χ1) is 4.00. The van der Waals surface area contributed by atoms with E-state index in [0.717, 1.165) is 0 Å². The van der Waals surface area contributed by atoms with Crippen LogP contribution in [-0.4, -0.2) is 15.4 Å². The van der Waals surface area contributed by atoms with Crippen molar-refractivity contribution >= 4 is 0 Å². The van der Waals surface area contributed by atoms with E-state index in [9.17, 15) is 0 Å². The van der Waals surface area contributed by atoms with Gasteiger partial charge in [-0.3, -0.25) is 0 Å². The second-order valence-corrected chi connectivity index (χ2v) is 0.811. The molecule has 1 rings (SSSR count). The highest BCUT2D eigenvalue weighted by Crippen LogP contribution is 1.61. The monoisotopic (exact) mass is 112 g/mol. The standard InChI is InChI=1S/C3H3N3.CF/c1-2-4-6-5-3-1;1-2/h1-3H;. The van der Waals surface area contributed by atoms with E-state index in [1.807, 2.05) is 0 Å². The summed E-state index contributed by atoms with van der Waals surface area (Å²) < 4.78 is 8.75. The Hall–Kier alpha value is -1.06. The summed E-state index contributed by atoms with van der Waals surface area (Å²) in [7, 11) is 4.25. The molecule has 0 aliphatic heterocycles. The average molecular weight is 112 g/mol. The summed E-state index contributed by atoms with van der Waals surface area (Å²) in [6.07, 6.45) is 3.15. The molecule has 0 N–H and O–H groups in total. The van der Waals surface area contributed by atoms with Crippen molar-refractivity contribution in [2.75, 3.05) is 0 Å². The first kappa shape index (κ1) is 6.94. The Morgan fingerprint density at radius 3 is 1.75 bits per heavy atom. The van der Waals surface area contributed by atoms with Crippen molar-refractivity contribution in [3.63, 3.8) is 0 Å². The lowest BCUT2D eigenvalue weighted by molar-refractivity contribution is 0.713. The van der Waals surface area contributed by atoms with Crippen molar-refractivity contribution in [1.82, 2.24) is 15.4 Å². The Balaban J connectivity index is 0.000000222. The van der Waals surface area contributed by atoms with Crippen LogP contribution in [0.5, 0.6) is 0 Å². The number of hydrogen-bond donors (Lipinski definition) is 0. The molecule has 0 spiro atoms. The number of aromatic nitrogens is 3. The second kappa shape index (κ2) is 5.94. The Morgan fingerprint density at radius 2 is 1.62 bits per heavy atom. The summed E-state index contributed by atoms with van der Waals surface area (Å²) in [6, 6.07) is 1.72. The Morgan fingerprint density at radius 1 is 1.12 bits per heavy atom. The van der Waals surface area contributed by atoms with Gasteiger partial charge in [0.05, 0.1) is 12.4 Å². The minimum absolute atomic E-state index is 1.58. The summed E-state index contributed by atoms with van der Waals surface area (Å²) in [6.45, 7) is 0. The van der Waals surface area contributed by atoms with E-state index >= 15 is 0 Å². The molecular weight excluding hydrogens is 109 g/mol. The topological polar surface area (TPSA) is 38.7 Å². The van der Waals surface area contributed by atoms with Crippen LogP contribution >= 0.6 is 0 Å². The van der Waals surface area contributed by atoms with Crippen LogP contribution in [0.25, 0.3) is 0 Å². The van der Waals surface area contributed by atoms with Crippen molar-refractivity contribution in [3.05, 3.63) is 25.6 Å². The maximum atomic E-state index is 8.75. The van der Waals surface area contributed by atoms with Crippen LogP contribution in [0.1, 0.15) is 0 Å². The highest BCUT2D eigenvalue weighted by atomic mass is 19.1. The molecule has 1 aromatic heterocycles. The third-order valence-electron chi connectivity index (χ3n) is 0.409. The molecule has 1 heterocycles. The summed E-state index contributed by atoms with van der Waals surface area (Å²) >= 11 is 0. The predicted octanol–water partition coefficient (Wildman–Crippen LogP) is 0.373. The van der Waals surface area contributed by atoms with Gasteiger partial charge >= 0.3 is 0 Å². The van der Waals surface area contributed by atoms with Gasteiger partial charge in [-0.2, -0.15) is 0 Å². The SMILES string of the molecule is [C]F.c1cnnnc1. The molecule has 0 atom stereocenters. The van der Waals surface area contributed by atoms with Gasteiger partial charge in [0.25, 0.3) is 0 Å². The molecule has 0 aromatic carbocycles. The molecule has 0 saturated carbocycles. The van der Waals surface area contributed by atoms with E-state index in [2.05, 4.69) is 22.6 Å². The molecule has 3 nitrogen and oxygen atoms in total. The van der Waals surface area contributed by atoms with Gasteiger partial charge in [-0.15, -0.1) is 10.2 Å². The fraction of sp³-hybridized carbons (Fsp3) is 0. The van der Waals surface area contributed by atoms with Gasteiger partial charge in [0.2, 0.25) is 7.18 Å². The lowest BCUT2D eigenvalue weighted by Crippen LogP contribution is -1.78. The zero-order valence-electron chi connectivity index (χ0n) is 3.95. The Kier molecular flexibility index (Phi) is 5.15. The molecule has 8 heavy (non-hydrogen) atoms. The van der Waals surface area contributed by atoms with E-state index < -0.39 is 0 Å². The zero-order valence-corrected chi connectivity index (χ0v) is 3.95. The van der Waals surface area contributed by atoms with Crippen molar-refractivity contribution in [2.45, 2.75) is 0 Å².